The lowest BCUT2D eigenvalue weighted by molar-refractivity contribution is 0.0865. The van der Waals surface area contributed by atoms with Crippen LogP contribution in [0.2, 0.25) is 0 Å². The molecule has 0 bridgehead atoms. The first-order valence-electron chi connectivity index (χ1n) is 9.24. The summed E-state index contributed by atoms with van der Waals surface area (Å²) >= 11 is 0. The Kier molecular flexibility index (Phi) is 6.80. The van der Waals surface area contributed by atoms with E-state index in [0.717, 1.165) is 11.1 Å². The average Bonchev–Trinajstić information content (AvgIpc) is 2.75. The van der Waals surface area contributed by atoms with Gasteiger partial charge in [-0.05, 0) is 36.3 Å². The SMILES string of the molecule is CO[C@@H](c1ccccc1)[C@@H](C)N=[S@@](=O)(/C=C/c1ccccc1)c1ccccc1. The molecular weight excluding hydrogens is 366 g/mol. The number of rotatable bonds is 7. The molecule has 0 fully saturated rings. The van der Waals surface area contributed by atoms with Gasteiger partial charge in [0.1, 0.15) is 6.10 Å². The van der Waals surface area contributed by atoms with Crippen molar-refractivity contribution in [1.82, 2.24) is 0 Å². The molecule has 0 aromatic heterocycles. The molecule has 0 unspecified atom stereocenters. The van der Waals surface area contributed by atoms with E-state index >= 15 is 0 Å². The summed E-state index contributed by atoms with van der Waals surface area (Å²) in [5.41, 5.74) is 2.00. The molecular formula is C24H25NO2S. The normalized spacial score (nSPS) is 15.6. The minimum atomic E-state index is -2.76. The maximum atomic E-state index is 13.9. The summed E-state index contributed by atoms with van der Waals surface area (Å²) in [4.78, 5) is 0.692. The molecule has 3 aromatic rings. The Hall–Kier alpha value is -2.69. The highest BCUT2D eigenvalue weighted by Gasteiger charge is 2.21. The molecule has 0 aliphatic rings. The van der Waals surface area contributed by atoms with Gasteiger partial charge in [0, 0.05) is 12.5 Å². The summed E-state index contributed by atoms with van der Waals surface area (Å²) in [5, 5.41) is 1.71. The Morgan fingerprint density at radius 2 is 1.39 bits per heavy atom. The molecule has 3 nitrogen and oxygen atoms in total. The first-order valence-corrected chi connectivity index (χ1v) is 10.8. The number of ether oxygens (including phenoxy) is 1. The third kappa shape index (κ3) is 4.97. The molecule has 144 valence electrons. The topological polar surface area (TPSA) is 38.7 Å². The fourth-order valence-corrected chi connectivity index (χ4v) is 4.92. The summed E-state index contributed by atoms with van der Waals surface area (Å²) in [6.45, 7) is 1.94. The molecule has 0 radical (unpaired) electrons. The van der Waals surface area contributed by atoms with E-state index in [2.05, 4.69) is 0 Å². The minimum absolute atomic E-state index is 0.268. The molecule has 3 rings (SSSR count). The van der Waals surface area contributed by atoms with Crippen molar-refractivity contribution in [2.45, 2.75) is 24.0 Å². The zero-order valence-electron chi connectivity index (χ0n) is 16.1. The van der Waals surface area contributed by atoms with Crippen LogP contribution in [0.4, 0.5) is 0 Å². The second kappa shape index (κ2) is 9.49. The van der Waals surface area contributed by atoms with E-state index in [4.69, 9.17) is 9.10 Å². The van der Waals surface area contributed by atoms with Crippen LogP contribution in [0.3, 0.4) is 0 Å². The number of hydrogen-bond acceptors (Lipinski definition) is 3. The van der Waals surface area contributed by atoms with Crippen LogP contribution in [-0.4, -0.2) is 17.4 Å². The van der Waals surface area contributed by atoms with Crippen LogP contribution in [0.5, 0.6) is 0 Å². The van der Waals surface area contributed by atoms with Crippen LogP contribution < -0.4 is 0 Å². The molecule has 0 aliphatic heterocycles. The zero-order valence-corrected chi connectivity index (χ0v) is 17.0. The molecule has 0 N–H and O–H groups in total. The van der Waals surface area contributed by atoms with Crippen LogP contribution in [-0.2, 0) is 14.5 Å². The maximum Gasteiger partial charge on any atom is 0.105 e. The smallest absolute Gasteiger partial charge is 0.105 e. The second-order valence-electron chi connectivity index (χ2n) is 6.51. The van der Waals surface area contributed by atoms with E-state index in [0.29, 0.717) is 4.90 Å². The van der Waals surface area contributed by atoms with E-state index in [1.54, 1.807) is 12.5 Å². The Morgan fingerprint density at radius 1 is 0.857 bits per heavy atom. The Balaban J connectivity index is 2.03. The van der Waals surface area contributed by atoms with Crippen LogP contribution in [0, 0.1) is 0 Å². The van der Waals surface area contributed by atoms with Crippen molar-refractivity contribution in [3.8, 4) is 0 Å². The minimum Gasteiger partial charge on any atom is -0.375 e. The van der Waals surface area contributed by atoms with Crippen LogP contribution in [0.1, 0.15) is 24.2 Å². The van der Waals surface area contributed by atoms with Gasteiger partial charge in [0.2, 0.25) is 0 Å². The predicted molar refractivity (Wildman–Crippen MR) is 116 cm³/mol. The second-order valence-corrected chi connectivity index (χ2v) is 8.60. The summed E-state index contributed by atoms with van der Waals surface area (Å²) < 4.78 is 24.4. The monoisotopic (exact) mass is 391 g/mol. The molecule has 3 atom stereocenters. The first kappa shape index (κ1) is 20.1. The summed E-state index contributed by atoms with van der Waals surface area (Å²) in [5.74, 6) is 0. The van der Waals surface area contributed by atoms with Gasteiger partial charge in [0.05, 0.1) is 20.7 Å². The molecule has 0 spiro atoms. The largest absolute Gasteiger partial charge is 0.375 e. The van der Waals surface area contributed by atoms with Gasteiger partial charge in [-0.2, -0.15) is 0 Å². The fraction of sp³-hybridized carbons (Fsp3) is 0.167. The molecule has 0 saturated heterocycles. The van der Waals surface area contributed by atoms with Gasteiger partial charge < -0.3 is 4.74 Å². The van der Waals surface area contributed by atoms with Crippen molar-refractivity contribution >= 4 is 15.8 Å². The molecule has 0 aliphatic carbocycles. The van der Waals surface area contributed by atoms with Gasteiger partial charge in [0.15, 0.2) is 0 Å². The third-order valence-electron chi connectivity index (χ3n) is 4.47. The van der Waals surface area contributed by atoms with E-state index in [9.17, 15) is 4.21 Å². The maximum absolute atomic E-state index is 13.9. The molecule has 0 amide bonds. The van der Waals surface area contributed by atoms with Crippen LogP contribution >= 0.6 is 0 Å². The average molecular weight is 392 g/mol. The van der Waals surface area contributed by atoms with Crippen molar-refractivity contribution in [1.29, 1.82) is 0 Å². The van der Waals surface area contributed by atoms with Gasteiger partial charge in [0.25, 0.3) is 0 Å². The lowest BCUT2D eigenvalue weighted by atomic mass is 10.0. The zero-order chi connectivity index (χ0) is 19.8. The number of hydrogen-bond donors (Lipinski definition) is 0. The van der Waals surface area contributed by atoms with Crippen LogP contribution in [0.15, 0.2) is 106 Å². The predicted octanol–water partition coefficient (Wildman–Crippen LogP) is 5.96. The number of nitrogens with zero attached hydrogens (tertiary/aromatic N) is 1. The highest BCUT2D eigenvalue weighted by atomic mass is 32.2. The van der Waals surface area contributed by atoms with Gasteiger partial charge in [-0.1, -0.05) is 78.9 Å². The summed E-state index contributed by atoms with van der Waals surface area (Å²) in [6.07, 6.45) is 1.60. The standard InChI is InChI=1S/C24H25NO2S/c1-20(24(27-2)22-14-8-4-9-15-22)25-28(26,23-16-10-5-11-17-23)19-18-21-12-6-3-7-13-21/h3-20,24H,1-2H3/b19-18+/t20-,24-,28-/m1/s1. The van der Waals surface area contributed by atoms with Crippen molar-refractivity contribution in [3.63, 3.8) is 0 Å². The quantitative estimate of drug-likeness (QED) is 0.498. The molecule has 0 saturated carbocycles. The molecule has 0 heterocycles. The highest BCUT2D eigenvalue weighted by molar-refractivity contribution is 7.96. The Labute approximate surface area is 167 Å². The van der Waals surface area contributed by atoms with E-state index in [1.165, 1.54) is 0 Å². The lowest BCUT2D eigenvalue weighted by Gasteiger charge is -2.21. The fourth-order valence-electron chi connectivity index (χ4n) is 3.08. The molecule has 4 heteroatoms. The van der Waals surface area contributed by atoms with E-state index in [-0.39, 0.29) is 12.1 Å². The lowest BCUT2D eigenvalue weighted by Crippen LogP contribution is -2.17. The number of benzene rings is 3. The van der Waals surface area contributed by atoms with Crippen molar-refractivity contribution in [3.05, 3.63) is 108 Å². The van der Waals surface area contributed by atoms with Gasteiger partial charge in [-0.3, -0.25) is 0 Å². The summed E-state index contributed by atoms with van der Waals surface area (Å²) in [7, 11) is -1.10. The molecule has 28 heavy (non-hydrogen) atoms. The van der Waals surface area contributed by atoms with Gasteiger partial charge in [-0.25, -0.2) is 8.57 Å². The van der Waals surface area contributed by atoms with Crippen molar-refractivity contribution in [2.24, 2.45) is 4.36 Å². The summed E-state index contributed by atoms with van der Waals surface area (Å²) in [6, 6.07) is 28.9. The number of methoxy groups -OCH3 is 1. The van der Waals surface area contributed by atoms with E-state index in [1.807, 2.05) is 104 Å². The van der Waals surface area contributed by atoms with Crippen LogP contribution in [0.25, 0.3) is 6.08 Å². The van der Waals surface area contributed by atoms with Gasteiger partial charge >= 0.3 is 0 Å². The third-order valence-corrected chi connectivity index (χ3v) is 6.57. The molecule has 3 aromatic carbocycles. The Morgan fingerprint density at radius 3 is 1.96 bits per heavy atom. The van der Waals surface area contributed by atoms with Crippen molar-refractivity contribution < 1.29 is 8.95 Å². The van der Waals surface area contributed by atoms with E-state index < -0.39 is 9.73 Å². The Bertz CT molecular complexity index is 1010. The highest BCUT2D eigenvalue weighted by Crippen LogP contribution is 2.26. The first-order chi connectivity index (χ1) is 13.6. The van der Waals surface area contributed by atoms with Gasteiger partial charge in [-0.15, -0.1) is 0 Å². The van der Waals surface area contributed by atoms with Crippen molar-refractivity contribution in [2.75, 3.05) is 7.11 Å².